The van der Waals surface area contributed by atoms with Gasteiger partial charge in [-0.05, 0) is 0 Å². The van der Waals surface area contributed by atoms with Crippen LogP contribution < -0.4 is 13.6 Å². The van der Waals surface area contributed by atoms with Crippen LogP contribution in [-0.4, -0.2) is 5.43 Å². The Kier molecular flexibility index (Phi) is 6.02. The molecule has 0 radical (unpaired) electrons. The van der Waals surface area contributed by atoms with E-state index < -0.39 is 20.4 Å². The molecule has 0 saturated carbocycles. The van der Waals surface area contributed by atoms with Gasteiger partial charge in [-0.3, -0.25) is 0 Å². The van der Waals surface area contributed by atoms with Crippen molar-refractivity contribution < 1.29 is 15.0 Å². The molecule has 0 N–H and O–H groups in total. The Balaban J connectivity index is 1.67. The van der Waals surface area contributed by atoms with Crippen molar-refractivity contribution >= 4 is 42.2 Å². The van der Waals surface area contributed by atoms with Crippen LogP contribution in [0.2, 0.25) is 0 Å². The average molecular weight is 625 g/mol. The molecule has 0 nitrogen and oxygen atoms in total. The summed E-state index contributed by atoms with van der Waals surface area (Å²) in [5.74, 6) is 0. The zero-order valence-electron chi connectivity index (χ0n) is 20.8. The van der Waals surface area contributed by atoms with Crippen molar-refractivity contribution in [2.75, 3.05) is 0 Å². The fourth-order valence-electron chi connectivity index (χ4n) is 6.64. The van der Waals surface area contributed by atoms with Crippen LogP contribution in [0.1, 0.15) is 25.9 Å². The van der Waals surface area contributed by atoms with Gasteiger partial charge in [-0.1, -0.05) is 0 Å². The molecule has 38 heavy (non-hydrogen) atoms. The fraction of sp³-hybridized carbons (Fsp3) is 0.0588. The van der Waals surface area contributed by atoms with Crippen LogP contribution >= 0.6 is 17.0 Å². The second-order valence-electron chi connectivity index (χ2n) is 10.3. The quantitative estimate of drug-likeness (QED) is 0.179. The van der Waals surface area contributed by atoms with Crippen molar-refractivity contribution in [1.82, 2.24) is 0 Å². The minimum atomic E-state index is -5.11. The van der Waals surface area contributed by atoms with E-state index in [0.29, 0.717) is 0 Å². The molecule has 0 saturated heterocycles. The first-order chi connectivity index (χ1) is 18.6. The second kappa shape index (κ2) is 9.32. The molecule has 2 aliphatic carbocycles. The van der Waals surface area contributed by atoms with Gasteiger partial charge in [-0.15, -0.1) is 0 Å². The molecule has 0 heterocycles. The summed E-state index contributed by atoms with van der Waals surface area (Å²) in [6.45, 7) is 0. The number of fused-ring (bicyclic) bond motifs is 4. The van der Waals surface area contributed by atoms with E-state index in [1.807, 2.05) is 0 Å². The summed E-state index contributed by atoms with van der Waals surface area (Å²) in [6, 6.07) is 45.9. The third-order valence-corrected chi connectivity index (χ3v) is 44.9. The third-order valence-electron chi connectivity index (χ3n) is 8.27. The molecule has 0 bridgehead atoms. The molecule has 7 rings (SSSR count). The average Bonchev–Trinajstić information content (AvgIpc) is 3.57. The third kappa shape index (κ3) is 3.65. The van der Waals surface area contributed by atoms with Crippen LogP contribution in [0.5, 0.6) is 0 Å². The van der Waals surface area contributed by atoms with Gasteiger partial charge in [0.05, 0.1) is 0 Å². The van der Waals surface area contributed by atoms with Crippen molar-refractivity contribution in [3.05, 3.63) is 156 Å². The molecule has 1 atom stereocenters. The molecule has 1 unspecified atom stereocenters. The first kappa shape index (κ1) is 24.6. The molecule has 2 aliphatic rings. The van der Waals surface area contributed by atoms with Crippen LogP contribution in [0.15, 0.2) is 133 Å². The molecule has 4 heteroatoms. The second-order valence-corrected chi connectivity index (χ2v) is 44.4. The summed E-state index contributed by atoms with van der Waals surface area (Å²) in [6.07, 6.45) is 5.45. The first-order valence-electron chi connectivity index (χ1n) is 13.1. The summed E-state index contributed by atoms with van der Waals surface area (Å²) in [7, 11) is 17.2. The van der Waals surface area contributed by atoms with Gasteiger partial charge in [0.2, 0.25) is 0 Å². The van der Waals surface area contributed by atoms with Crippen molar-refractivity contribution in [3.63, 3.8) is 0 Å². The van der Waals surface area contributed by atoms with E-state index in [1.54, 1.807) is 0 Å². The Morgan fingerprint density at radius 1 is 0.605 bits per heavy atom. The Morgan fingerprint density at radius 2 is 1.21 bits per heavy atom. The van der Waals surface area contributed by atoms with E-state index in [9.17, 15) is 0 Å². The Bertz CT molecular complexity index is 1760. The van der Waals surface area contributed by atoms with E-state index >= 15 is 0 Å². The van der Waals surface area contributed by atoms with E-state index in [1.165, 1.54) is 47.0 Å². The molecule has 0 amide bonds. The van der Waals surface area contributed by atoms with Gasteiger partial charge in [-0.2, -0.15) is 0 Å². The number of rotatable bonds is 4. The van der Waals surface area contributed by atoms with Crippen LogP contribution in [0.4, 0.5) is 0 Å². The van der Waals surface area contributed by atoms with E-state index in [0.717, 1.165) is 6.42 Å². The van der Waals surface area contributed by atoms with E-state index in [2.05, 4.69) is 140 Å². The van der Waals surface area contributed by atoms with Gasteiger partial charge >= 0.3 is 234 Å². The van der Waals surface area contributed by atoms with Gasteiger partial charge in [0.15, 0.2) is 0 Å². The van der Waals surface area contributed by atoms with E-state index in [-0.39, 0.29) is 3.63 Å². The number of hydrogen-bond donors (Lipinski definition) is 0. The predicted molar refractivity (Wildman–Crippen MR) is 162 cm³/mol. The summed E-state index contributed by atoms with van der Waals surface area (Å²) < 4.78 is 1.22. The number of halogens is 2. The number of allylic oxidation sites excluding steroid dienone is 1. The Morgan fingerprint density at radius 3 is 1.95 bits per heavy atom. The van der Waals surface area contributed by atoms with Gasteiger partial charge in [0.1, 0.15) is 0 Å². The van der Waals surface area contributed by atoms with Crippen LogP contribution in [0.25, 0.3) is 17.2 Å². The van der Waals surface area contributed by atoms with E-state index in [4.69, 9.17) is 17.0 Å². The SMILES string of the molecule is [Cl][Zr]([Cl])([c]1cccc2c1Cc1ccccc1-2)([CH]1C=Cc2ccccc21)=[Si](c1ccccc1)c1ccccc1. The van der Waals surface area contributed by atoms with Gasteiger partial charge < -0.3 is 0 Å². The molecular formula is C34H26Cl2SiZr. The maximum absolute atomic E-state index is 8.58. The zero-order chi connectivity index (χ0) is 25.8. The number of hydrogen-bond acceptors (Lipinski definition) is 0. The summed E-state index contributed by atoms with van der Waals surface area (Å²) in [5, 5.41) is 2.57. The standard InChI is InChI=1S/C13H9.C12H10Si.C9H7.2ClH.Zr/c1-3-7-12-10(5-1)9-11-6-2-4-8-13(11)12;1-3-7-11(8-4-1)13-12-9-5-2-6-10-12;1-2-5-9-7-3-6-8(9)4-1;;;/h1-5,7-8H,9H2;1-10H;1-7H;2*1H;/q;;;;;+2/p-2. The van der Waals surface area contributed by atoms with Crippen molar-refractivity contribution in [3.8, 4) is 11.1 Å². The Labute approximate surface area is 232 Å². The van der Waals surface area contributed by atoms with Crippen molar-refractivity contribution in [1.29, 1.82) is 0 Å². The zero-order valence-corrected chi connectivity index (χ0v) is 25.8. The minimum absolute atomic E-state index is 0.0134. The molecule has 184 valence electrons. The maximum atomic E-state index is 8.58. The molecule has 0 spiro atoms. The molecule has 0 aromatic heterocycles. The molecular weight excluding hydrogens is 599 g/mol. The fourth-order valence-corrected chi connectivity index (χ4v) is 46.0. The normalized spacial score (nSPS) is 15.6. The van der Waals surface area contributed by atoms with Crippen LogP contribution in [0, 0.1) is 0 Å². The van der Waals surface area contributed by atoms with Crippen LogP contribution in [0.3, 0.4) is 0 Å². The van der Waals surface area contributed by atoms with Crippen LogP contribution in [-0.2, 0) is 21.4 Å². The molecule has 0 aliphatic heterocycles. The predicted octanol–water partition coefficient (Wildman–Crippen LogP) is 7.45. The van der Waals surface area contributed by atoms with Gasteiger partial charge in [-0.25, -0.2) is 0 Å². The Hall–Kier alpha value is -2.48. The summed E-state index contributed by atoms with van der Waals surface area (Å²) >= 11 is -5.11. The summed E-state index contributed by atoms with van der Waals surface area (Å²) in [5.41, 5.74) is 6.16. The van der Waals surface area contributed by atoms with Crippen molar-refractivity contribution in [2.24, 2.45) is 0 Å². The van der Waals surface area contributed by atoms with Gasteiger partial charge in [0.25, 0.3) is 0 Å². The monoisotopic (exact) mass is 622 g/mol. The first-order valence-corrected chi connectivity index (χ1v) is 27.3. The topological polar surface area (TPSA) is 0 Å². The van der Waals surface area contributed by atoms with Crippen molar-refractivity contribution in [2.45, 2.75) is 10.0 Å². The van der Waals surface area contributed by atoms with Gasteiger partial charge in [0, 0.05) is 0 Å². The molecule has 5 aromatic rings. The molecule has 5 aromatic carbocycles. The molecule has 0 fully saturated rings. The number of benzene rings is 5. The summed E-state index contributed by atoms with van der Waals surface area (Å²) in [4.78, 5) is 0.